The Labute approximate surface area is 142 Å². The zero-order valence-electron chi connectivity index (χ0n) is 13.1. The van der Waals surface area contributed by atoms with Gasteiger partial charge in [-0.25, -0.2) is 13.2 Å². The highest BCUT2D eigenvalue weighted by molar-refractivity contribution is 7.94. The number of hydrogen-bond acceptors (Lipinski definition) is 7. The third kappa shape index (κ3) is 3.36. The number of sulfone groups is 1. The van der Waals surface area contributed by atoms with Crippen LogP contribution in [0.2, 0.25) is 0 Å². The van der Waals surface area contributed by atoms with Crippen LogP contribution in [0.25, 0.3) is 11.0 Å². The Morgan fingerprint density at radius 1 is 1.36 bits per heavy atom. The maximum atomic E-state index is 12.1. The molecule has 3 rings (SSSR count). The first-order valence-electron chi connectivity index (χ1n) is 7.35. The van der Waals surface area contributed by atoms with Crippen molar-refractivity contribution >= 4 is 26.7 Å². The monoisotopic (exact) mass is 365 g/mol. The van der Waals surface area contributed by atoms with Gasteiger partial charge in [0.15, 0.2) is 9.84 Å². The molecule has 0 fully saturated rings. The number of carbonyl (C=O) groups is 1. The lowest BCUT2D eigenvalue weighted by Gasteiger charge is -2.12. The van der Waals surface area contributed by atoms with Crippen molar-refractivity contribution in [3.63, 3.8) is 0 Å². The van der Waals surface area contributed by atoms with E-state index in [9.17, 15) is 28.2 Å². The van der Waals surface area contributed by atoms with Gasteiger partial charge in [-0.2, -0.15) is 0 Å². The number of nitrogens with one attached hydrogen (secondary N) is 1. The Kier molecular flexibility index (Phi) is 4.03. The molecule has 2 aromatic rings. The first kappa shape index (κ1) is 17.0. The number of carbonyl (C=O) groups excluding carboxylic acids is 1. The quantitative estimate of drug-likeness (QED) is 0.674. The summed E-state index contributed by atoms with van der Waals surface area (Å²) in [4.78, 5) is 24.3. The number of aryl methyl sites for hydroxylation is 1. The highest BCUT2D eigenvalue weighted by Gasteiger charge is 2.24. The van der Waals surface area contributed by atoms with Crippen molar-refractivity contribution < 1.29 is 27.8 Å². The molecule has 0 unspecified atom stereocenters. The van der Waals surface area contributed by atoms with E-state index >= 15 is 0 Å². The van der Waals surface area contributed by atoms with Gasteiger partial charge in [-0.05, 0) is 18.6 Å². The Morgan fingerprint density at radius 2 is 2.08 bits per heavy atom. The second-order valence-corrected chi connectivity index (χ2v) is 7.77. The maximum Gasteiger partial charge on any atom is 0.340 e. The molecular formula is C16H15NO7S. The highest BCUT2D eigenvalue weighted by atomic mass is 32.2. The van der Waals surface area contributed by atoms with Crippen LogP contribution in [0.4, 0.5) is 0 Å². The van der Waals surface area contributed by atoms with Gasteiger partial charge in [0.1, 0.15) is 17.1 Å². The molecule has 0 bridgehead atoms. The fourth-order valence-corrected chi connectivity index (χ4v) is 4.03. The van der Waals surface area contributed by atoms with Crippen molar-refractivity contribution in [2.24, 2.45) is 0 Å². The van der Waals surface area contributed by atoms with Gasteiger partial charge in [0.25, 0.3) is 0 Å². The highest BCUT2D eigenvalue weighted by Crippen LogP contribution is 2.32. The van der Waals surface area contributed by atoms with Crippen LogP contribution in [0, 0.1) is 6.92 Å². The van der Waals surface area contributed by atoms with Gasteiger partial charge in [-0.15, -0.1) is 0 Å². The summed E-state index contributed by atoms with van der Waals surface area (Å²) in [6.45, 7) is 1.55. The smallest absolute Gasteiger partial charge is 0.340 e. The van der Waals surface area contributed by atoms with E-state index < -0.39 is 27.4 Å². The number of rotatable bonds is 3. The molecule has 9 heteroatoms. The van der Waals surface area contributed by atoms with Crippen molar-refractivity contribution in [1.82, 2.24) is 5.32 Å². The van der Waals surface area contributed by atoms with Gasteiger partial charge in [0, 0.05) is 17.5 Å². The number of benzene rings is 1. The van der Waals surface area contributed by atoms with Gasteiger partial charge >= 0.3 is 5.63 Å². The molecule has 1 aromatic heterocycles. The summed E-state index contributed by atoms with van der Waals surface area (Å²) in [5.41, 5.74) is -0.349. The maximum absolute atomic E-state index is 12.1. The van der Waals surface area contributed by atoms with Crippen LogP contribution in [-0.2, 0) is 21.1 Å². The van der Waals surface area contributed by atoms with Gasteiger partial charge in [-0.1, -0.05) is 0 Å². The third-order valence-electron chi connectivity index (χ3n) is 3.96. The number of phenolic OH excluding ortho intramolecular Hbond substituents is 2. The van der Waals surface area contributed by atoms with Gasteiger partial charge in [-0.3, -0.25) is 4.79 Å². The van der Waals surface area contributed by atoms with E-state index in [1.165, 1.54) is 12.1 Å². The molecule has 0 spiro atoms. The van der Waals surface area contributed by atoms with Crippen LogP contribution in [0.15, 0.2) is 32.8 Å². The summed E-state index contributed by atoms with van der Waals surface area (Å²) in [6, 6.07) is 1.66. The Balaban J connectivity index is 1.90. The molecule has 0 radical (unpaired) electrons. The summed E-state index contributed by atoms with van der Waals surface area (Å²) in [5.74, 6) is -1.29. The molecular weight excluding hydrogens is 350 g/mol. The minimum absolute atomic E-state index is 0.00831. The van der Waals surface area contributed by atoms with E-state index in [1.54, 1.807) is 6.92 Å². The average molecular weight is 365 g/mol. The number of aromatic hydroxyl groups is 2. The molecule has 1 aliphatic heterocycles. The summed E-state index contributed by atoms with van der Waals surface area (Å²) in [7, 11) is -3.30. The van der Waals surface area contributed by atoms with E-state index in [-0.39, 0.29) is 40.2 Å². The van der Waals surface area contributed by atoms with Crippen LogP contribution < -0.4 is 10.9 Å². The van der Waals surface area contributed by atoms with Crippen LogP contribution in [0.3, 0.4) is 0 Å². The number of phenols is 2. The molecule has 8 nitrogen and oxygen atoms in total. The van der Waals surface area contributed by atoms with E-state index in [1.807, 2.05) is 0 Å². The van der Waals surface area contributed by atoms with Crippen molar-refractivity contribution in [1.29, 1.82) is 0 Å². The van der Waals surface area contributed by atoms with Gasteiger partial charge < -0.3 is 19.9 Å². The second-order valence-electron chi connectivity index (χ2n) is 5.84. The SMILES string of the molecule is Cc1c(CC(=O)N[C@H]2C=CS(=O)(=O)C2)c(=O)oc2cc(O)cc(O)c12. The molecule has 3 N–H and O–H groups in total. The zero-order chi connectivity index (χ0) is 18.4. The minimum atomic E-state index is -3.30. The first-order chi connectivity index (χ1) is 11.7. The van der Waals surface area contributed by atoms with Crippen LogP contribution in [0.5, 0.6) is 11.5 Å². The molecule has 1 amide bonds. The summed E-state index contributed by atoms with van der Waals surface area (Å²) >= 11 is 0. The lowest BCUT2D eigenvalue weighted by atomic mass is 10.0. The minimum Gasteiger partial charge on any atom is -0.508 e. The van der Waals surface area contributed by atoms with Gasteiger partial charge in [0.05, 0.1) is 29.2 Å². The Morgan fingerprint density at radius 3 is 2.72 bits per heavy atom. The molecule has 25 heavy (non-hydrogen) atoms. The number of hydrogen-bond donors (Lipinski definition) is 3. The predicted molar refractivity (Wildman–Crippen MR) is 89.1 cm³/mol. The summed E-state index contributed by atoms with van der Waals surface area (Å²) < 4.78 is 27.8. The molecule has 2 heterocycles. The molecule has 0 saturated carbocycles. The van der Waals surface area contributed by atoms with E-state index in [2.05, 4.69) is 5.32 Å². The van der Waals surface area contributed by atoms with E-state index in [4.69, 9.17) is 4.42 Å². The Hall–Kier alpha value is -2.81. The standard InChI is InChI=1S/C16H15NO7S/c1-8-11(6-14(20)17-9-2-3-25(22,23)7-9)16(21)24-13-5-10(18)4-12(19)15(8)13/h2-5,9,18-19H,6-7H2,1H3,(H,17,20)/t9-/m0/s1. The predicted octanol–water partition coefficient (Wildman–Crippen LogP) is 0.482. The molecule has 132 valence electrons. The summed E-state index contributed by atoms with van der Waals surface area (Å²) in [5, 5.41) is 23.2. The van der Waals surface area contributed by atoms with Crippen LogP contribution >= 0.6 is 0 Å². The topological polar surface area (TPSA) is 134 Å². The molecule has 1 aliphatic rings. The third-order valence-corrected chi connectivity index (χ3v) is 5.35. The molecule has 0 aliphatic carbocycles. The molecule has 1 atom stereocenters. The zero-order valence-corrected chi connectivity index (χ0v) is 14.0. The average Bonchev–Trinajstić information content (AvgIpc) is 2.81. The van der Waals surface area contributed by atoms with Crippen molar-refractivity contribution in [3.8, 4) is 11.5 Å². The van der Waals surface area contributed by atoms with Crippen LogP contribution in [0.1, 0.15) is 11.1 Å². The van der Waals surface area contributed by atoms with Crippen molar-refractivity contribution in [2.45, 2.75) is 19.4 Å². The fourth-order valence-electron chi connectivity index (χ4n) is 2.80. The Bertz CT molecular complexity index is 1070. The van der Waals surface area contributed by atoms with Crippen molar-refractivity contribution in [3.05, 3.63) is 45.2 Å². The van der Waals surface area contributed by atoms with E-state index in [0.29, 0.717) is 5.56 Å². The first-order valence-corrected chi connectivity index (χ1v) is 9.06. The van der Waals surface area contributed by atoms with Crippen molar-refractivity contribution in [2.75, 3.05) is 5.75 Å². The fraction of sp³-hybridized carbons (Fsp3) is 0.250. The van der Waals surface area contributed by atoms with E-state index in [0.717, 1.165) is 11.5 Å². The van der Waals surface area contributed by atoms with Crippen LogP contribution in [-0.4, -0.2) is 36.3 Å². The van der Waals surface area contributed by atoms with Gasteiger partial charge in [0.2, 0.25) is 5.91 Å². The molecule has 1 aromatic carbocycles. The lowest BCUT2D eigenvalue weighted by molar-refractivity contribution is -0.120. The number of fused-ring (bicyclic) bond motifs is 1. The molecule has 0 saturated heterocycles. The lowest BCUT2D eigenvalue weighted by Crippen LogP contribution is -2.37. The second kappa shape index (κ2) is 5.92. The summed E-state index contributed by atoms with van der Waals surface area (Å²) in [6.07, 6.45) is 1.05. The normalized spacial score (nSPS) is 18.5. The largest absolute Gasteiger partial charge is 0.508 e. The number of amides is 1.